The Balaban J connectivity index is 1.61. The van der Waals surface area contributed by atoms with Crippen LogP contribution in [-0.4, -0.2) is 21.8 Å². The molecule has 0 saturated heterocycles. The summed E-state index contributed by atoms with van der Waals surface area (Å²) in [6.07, 6.45) is -3.29. The van der Waals surface area contributed by atoms with E-state index in [4.69, 9.17) is 4.74 Å². The Bertz CT molecular complexity index is 1070. The lowest BCUT2D eigenvalue weighted by molar-refractivity contribution is -0.137. The number of Topliss-reactive ketones (excluding diaryl/α,β-unsaturated/α-hetero) is 1. The number of carbonyl (C=O) groups is 2. The molecule has 3 rings (SSSR count). The van der Waals surface area contributed by atoms with Crippen molar-refractivity contribution >= 4 is 23.2 Å². The number of amides is 2. The summed E-state index contributed by atoms with van der Waals surface area (Å²) in [6, 6.07) is 11.2. The minimum atomic E-state index is -4.50. The highest BCUT2D eigenvalue weighted by Gasteiger charge is 2.30. The maximum absolute atomic E-state index is 12.7. The molecule has 0 aliphatic heterocycles. The molecule has 7 nitrogen and oxygen atoms in total. The van der Waals surface area contributed by atoms with Crippen LogP contribution in [-0.2, 0) is 6.18 Å². The third kappa shape index (κ3) is 5.53. The molecule has 1 aromatic heterocycles. The van der Waals surface area contributed by atoms with Crippen molar-refractivity contribution in [1.82, 2.24) is 9.97 Å². The van der Waals surface area contributed by atoms with E-state index in [0.29, 0.717) is 11.4 Å². The summed E-state index contributed by atoms with van der Waals surface area (Å²) in [7, 11) is 0. The van der Waals surface area contributed by atoms with Gasteiger partial charge in [0.2, 0.25) is 5.88 Å². The van der Waals surface area contributed by atoms with E-state index in [1.54, 1.807) is 12.1 Å². The summed E-state index contributed by atoms with van der Waals surface area (Å²) in [5, 5.41) is 4.85. The number of carbonyl (C=O) groups excluding carboxylic acids is 2. The maximum Gasteiger partial charge on any atom is 0.416 e. The van der Waals surface area contributed by atoms with Crippen LogP contribution < -0.4 is 15.4 Å². The summed E-state index contributed by atoms with van der Waals surface area (Å²) in [4.78, 5) is 31.1. The van der Waals surface area contributed by atoms with Gasteiger partial charge in [-0.1, -0.05) is 6.07 Å². The van der Waals surface area contributed by atoms with Gasteiger partial charge in [0, 0.05) is 24.4 Å². The number of alkyl halides is 3. The van der Waals surface area contributed by atoms with E-state index in [0.717, 1.165) is 12.1 Å². The predicted molar refractivity (Wildman–Crippen MR) is 103 cm³/mol. The lowest BCUT2D eigenvalue weighted by Crippen LogP contribution is -2.19. The first-order chi connectivity index (χ1) is 14.2. The van der Waals surface area contributed by atoms with Crippen molar-refractivity contribution in [3.05, 3.63) is 72.2 Å². The highest BCUT2D eigenvalue weighted by atomic mass is 19.4. The summed E-state index contributed by atoms with van der Waals surface area (Å²) in [6.45, 7) is 1.37. The van der Waals surface area contributed by atoms with Gasteiger partial charge in [-0.3, -0.25) is 4.79 Å². The lowest BCUT2D eigenvalue weighted by atomic mass is 10.2. The fourth-order valence-electron chi connectivity index (χ4n) is 2.38. The third-order valence-corrected chi connectivity index (χ3v) is 3.79. The number of benzene rings is 2. The first-order valence-corrected chi connectivity index (χ1v) is 8.57. The molecule has 0 unspecified atom stereocenters. The summed E-state index contributed by atoms with van der Waals surface area (Å²) < 4.78 is 43.8. The number of nitrogens with zero attached hydrogens (tertiary/aromatic N) is 2. The molecule has 0 aliphatic rings. The predicted octanol–water partition coefficient (Wildman–Crippen LogP) is 5.13. The molecular formula is C20H15F3N4O3. The van der Waals surface area contributed by atoms with Crippen molar-refractivity contribution in [1.29, 1.82) is 0 Å². The van der Waals surface area contributed by atoms with E-state index in [9.17, 15) is 22.8 Å². The normalized spacial score (nSPS) is 10.9. The Morgan fingerprint density at radius 3 is 2.30 bits per heavy atom. The molecule has 154 valence electrons. The second-order valence-corrected chi connectivity index (χ2v) is 6.08. The topological polar surface area (TPSA) is 93.2 Å². The van der Waals surface area contributed by atoms with Crippen LogP contribution in [0.1, 0.15) is 23.0 Å². The van der Waals surface area contributed by atoms with Gasteiger partial charge in [-0.25, -0.2) is 14.8 Å². The Hall–Kier alpha value is -3.95. The van der Waals surface area contributed by atoms with Crippen molar-refractivity contribution in [2.24, 2.45) is 0 Å². The van der Waals surface area contributed by atoms with E-state index < -0.39 is 17.8 Å². The smallest absolute Gasteiger partial charge is 0.416 e. The minimum absolute atomic E-state index is 0.00677. The number of anilines is 2. The molecule has 0 radical (unpaired) electrons. The molecule has 0 spiro atoms. The average molecular weight is 416 g/mol. The van der Waals surface area contributed by atoms with Gasteiger partial charge in [-0.15, -0.1) is 0 Å². The van der Waals surface area contributed by atoms with Gasteiger partial charge in [0.05, 0.1) is 5.56 Å². The number of urea groups is 1. The van der Waals surface area contributed by atoms with Crippen LogP contribution in [0.4, 0.5) is 29.3 Å². The Morgan fingerprint density at radius 2 is 1.63 bits per heavy atom. The molecule has 0 bridgehead atoms. The molecule has 0 atom stereocenters. The second kappa shape index (κ2) is 8.60. The average Bonchev–Trinajstić information content (AvgIpc) is 2.69. The molecule has 10 heteroatoms. The molecule has 3 aromatic rings. The lowest BCUT2D eigenvalue weighted by Gasteiger charge is -2.11. The quantitative estimate of drug-likeness (QED) is 0.562. The van der Waals surface area contributed by atoms with Gasteiger partial charge in [-0.05, 0) is 42.5 Å². The van der Waals surface area contributed by atoms with Crippen molar-refractivity contribution < 1.29 is 27.5 Å². The largest absolute Gasteiger partial charge is 0.439 e. The van der Waals surface area contributed by atoms with Gasteiger partial charge in [-0.2, -0.15) is 13.2 Å². The molecule has 30 heavy (non-hydrogen) atoms. The van der Waals surface area contributed by atoms with Crippen LogP contribution in [0.2, 0.25) is 0 Å². The number of aromatic nitrogens is 2. The first kappa shape index (κ1) is 20.8. The van der Waals surface area contributed by atoms with Crippen LogP contribution in [0.25, 0.3) is 0 Å². The van der Waals surface area contributed by atoms with Crippen LogP contribution in [0.15, 0.2) is 60.9 Å². The Labute approximate surface area is 168 Å². The Kier molecular flexibility index (Phi) is 5.95. The van der Waals surface area contributed by atoms with Crippen molar-refractivity contribution in [2.45, 2.75) is 13.1 Å². The minimum Gasteiger partial charge on any atom is -0.439 e. The number of halogens is 3. The van der Waals surface area contributed by atoms with E-state index in [-0.39, 0.29) is 23.0 Å². The van der Waals surface area contributed by atoms with Gasteiger partial charge < -0.3 is 15.4 Å². The third-order valence-electron chi connectivity index (χ3n) is 3.79. The Morgan fingerprint density at radius 1 is 0.933 bits per heavy atom. The molecule has 2 aromatic carbocycles. The van der Waals surface area contributed by atoms with Crippen molar-refractivity contribution in [3.63, 3.8) is 0 Å². The number of hydrogen-bond donors (Lipinski definition) is 2. The SMILES string of the molecule is CC(=O)c1cc(Oc2ccc(NC(=O)Nc3cccc(C(F)(F)F)c3)cc2)ncn1. The standard InChI is InChI=1S/C20H15F3N4O3/c1-12(28)17-10-18(25-11-24-17)30-16-7-5-14(6-8-16)26-19(29)27-15-4-2-3-13(9-15)20(21,22)23/h2-11H,1H3,(H2,26,27,29). The van der Waals surface area contributed by atoms with Crippen molar-refractivity contribution in [2.75, 3.05) is 10.6 Å². The fourth-order valence-corrected chi connectivity index (χ4v) is 2.38. The fraction of sp³-hybridized carbons (Fsp3) is 0.100. The van der Waals surface area contributed by atoms with Gasteiger partial charge >= 0.3 is 12.2 Å². The van der Waals surface area contributed by atoms with Crippen LogP contribution in [0.5, 0.6) is 11.6 Å². The van der Waals surface area contributed by atoms with Crippen LogP contribution >= 0.6 is 0 Å². The number of hydrogen-bond acceptors (Lipinski definition) is 5. The first-order valence-electron chi connectivity index (χ1n) is 8.57. The van der Waals surface area contributed by atoms with Crippen LogP contribution in [0, 0.1) is 0 Å². The van der Waals surface area contributed by atoms with E-state index >= 15 is 0 Å². The van der Waals surface area contributed by atoms with Crippen LogP contribution in [0.3, 0.4) is 0 Å². The number of ketones is 1. The second-order valence-electron chi connectivity index (χ2n) is 6.08. The number of nitrogens with one attached hydrogen (secondary N) is 2. The maximum atomic E-state index is 12.7. The number of ether oxygens (including phenoxy) is 1. The molecule has 0 fully saturated rings. The summed E-state index contributed by atoms with van der Waals surface area (Å²) >= 11 is 0. The van der Waals surface area contributed by atoms with E-state index in [1.165, 1.54) is 43.6 Å². The molecule has 0 aliphatic carbocycles. The van der Waals surface area contributed by atoms with Gasteiger partial charge in [0.1, 0.15) is 17.8 Å². The molecule has 2 N–H and O–H groups in total. The zero-order valence-electron chi connectivity index (χ0n) is 15.5. The molecule has 2 amide bonds. The zero-order valence-corrected chi connectivity index (χ0v) is 15.5. The summed E-state index contributed by atoms with van der Waals surface area (Å²) in [5.74, 6) is 0.346. The van der Waals surface area contributed by atoms with Gasteiger partial charge in [0.25, 0.3) is 0 Å². The summed E-state index contributed by atoms with van der Waals surface area (Å²) in [5.41, 5.74) is -0.254. The van der Waals surface area contributed by atoms with Gasteiger partial charge in [0.15, 0.2) is 5.78 Å². The molecule has 1 heterocycles. The van der Waals surface area contributed by atoms with E-state index in [1.807, 2.05) is 0 Å². The highest BCUT2D eigenvalue weighted by molar-refractivity contribution is 5.99. The molecule has 0 saturated carbocycles. The number of rotatable bonds is 5. The highest BCUT2D eigenvalue weighted by Crippen LogP contribution is 2.30. The zero-order chi connectivity index (χ0) is 21.7. The van der Waals surface area contributed by atoms with Crippen molar-refractivity contribution in [3.8, 4) is 11.6 Å². The molecular weight excluding hydrogens is 401 g/mol. The monoisotopic (exact) mass is 416 g/mol. The van der Waals surface area contributed by atoms with E-state index in [2.05, 4.69) is 20.6 Å².